The topological polar surface area (TPSA) is 57.6 Å². The maximum absolute atomic E-state index is 12.3. The van der Waals surface area contributed by atoms with E-state index in [0.29, 0.717) is 25.8 Å². The molecule has 0 bridgehead atoms. The number of nitrogens with zero attached hydrogens (tertiary/aromatic N) is 1. The van der Waals surface area contributed by atoms with Gasteiger partial charge in [-0.2, -0.15) is 0 Å². The summed E-state index contributed by atoms with van der Waals surface area (Å²) in [5, 5.41) is 8.96. The molecule has 1 aromatic heterocycles. The van der Waals surface area contributed by atoms with Crippen molar-refractivity contribution in [3.8, 4) is 0 Å². The average Bonchev–Trinajstić information content (AvgIpc) is 2.97. The van der Waals surface area contributed by atoms with Crippen molar-refractivity contribution in [2.75, 3.05) is 7.05 Å². The molecule has 1 N–H and O–H groups in total. The van der Waals surface area contributed by atoms with Crippen molar-refractivity contribution in [2.45, 2.75) is 25.8 Å². The van der Waals surface area contributed by atoms with E-state index in [0.717, 1.165) is 8.66 Å². The van der Waals surface area contributed by atoms with Crippen LogP contribution < -0.4 is 0 Å². The monoisotopic (exact) mass is 345 g/mol. The number of amides is 1. The number of carboxylic acid groups (broad SMARTS) is 1. The van der Waals surface area contributed by atoms with Crippen molar-refractivity contribution in [1.29, 1.82) is 0 Å². The lowest BCUT2D eigenvalue weighted by molar-refractivity contribution is -0.141. The summed E-state index contributed by atoms with van der Waals surface area (Å²) in [6.45, 7) is 0.587. The van der Waals surface area contributed by atoms with Crippen LogP contribution in [-0.2, 0) is 16.1 Å². The van der Waals surface area contributed by atoms with Crippen molar-refractivity contribution < 1.29 is 14.7 Å². The molecule has 4 nitrogen and oxygen atoms in total. The molecule has 0 aromatic carbocycles. The summed E-state index contributed by atoms with van der Waals surface area (Å²) < 4.78 is 1.05. The van der Waals surface area contributed by atoms with Gasteiger partial charge in [-0.05, 0) is 47.3 Å². The predicted octanol–water partition coefficient (Wildman–Crippen LogP) is 2.97. The number of carbonyl (C=O) groups excluding carboxylic acids is 1. The molecule has 1 heterocycles. The second-order valence-electron chi connectivity index (χ2n) is 4.95. The van der Waals surface area contributed by atoms with Crippen molar-refractivity contribution >= 4 is 39.1 Å². The highest BCUT2D eigenvalue weighted by Crippen LogP contribution is 2.32. The number of hydrogen-bond donors (Lipinski definition) is 1. The highest BCUT2D eigenvalue weighted by Gasteiger charge is 2.35. The van der Waals surface area contributed by atoms with E-state index in [1.54, 1.807) is 23.3 Å². The minimum absolute atomic E-state index is 0.0632. The fourth-order valence-corrected chi connectivity index (χ4v) is 4.03. The SMILES string of the molecule is CN(Cc1ccc(Br)s1)C(=O)[C@@H]1CC[C@H](C(=O)O)C1. The van der Waals surface area contributed by atoms with Crippen LogP contribution in [0.25, 0.3) is 0 Å². The number of halogens is 1. The van der Waals surface area contributed by atoms with Crippen molar-refractivity contribution in [3.05, 3.63) is 20.8 Å². The van der Waals surface area contributed by atoms with Gasteiger partial charge in [0.2, 0.25) is 5.91 Å². The first-order valence-electron chi connectivity index (χ1n) is 6.19. The van der Waals surface area contributed by atoms with Gasteiger partial charge in [-0.1, -0.05) is 0 Å². The molecule has 1 amide bonds. The second kappa shape index (κ2) is 6.05. The fourth-order valence-electron chi connectivity index (χ4n) is 2.49. The minimum atomic E-state index is -0.778. The smallest absolute Gasteiger partial charge is 0.306 e. The molecule has 1 aliphatic rings. The van der Waals surface area contributed by atoms with E-state index in [1.165, 1.54) is 0 Å². The summed E-state index contributed by atoms with van der Waals surface area (Å²) in [4.78, 5) is 26.0. The molecule has 1 aromatic rings. The van der Waals surface area contributed by atoms with Gasteiger partial charge in [0.25, 0.3) is 0 Å². The number of carbonyl (C=O) groups is 2. The number of aliphatic carboxylic acids is 1. The predicted molar refractivity (Wildman–Crippen MR) is 77.0 cm³/mol. The van der Waals surface area contributed by atoms with E-state index in [-0.39, 0.29) is 17.7 Å². The quantitative estimate of drug-likeness (QED) is 0.912. The van der Waals surface area contributed by atoms with Gasteiger partial charge in [-0.25, -0.2) is 0 Å². The first-order valence-corrected chi connectivity index (χ1v) is 7.80. The van der Waals surface area contributed by atoms with Gasteiger partial charge in [0.05, 0.1) is 16.2 Å². The van der Waals surface area contributed by atoms with E-state index >= 15 is 0 Å². The van der Waals surface area contributed by atoms with Crippen molar-refractivity contribution in [3.63, 3.8) is 0 Å². The molecule has 1 fully saturated rings. The molecule has 19 heavy (non-hydrogen) atoms. The lowest BCUT2D eigenvalue weighted by Crippen LogP contribution is -2.31. The average molecular weight is 346 g/mol. The minimum Gasteiger partial charge on any atom is -0.481 e. The van der Waals surface area contributed by atoms with Gasteiger partial charge < -0.3 is 10.0 Å². The van der Waals surface area contributed by atoms with Crippen molar-refractivity contribution in [2.24, 2.45) is 11.8 Å². The molecule has 0 radical (unpaired) electrons. The highest BCUT2D eigenvalue weighted by atomic mass is 79.9. The highest BCUT2D eigenvalue weighted by molar-refractivity contribution is 9.11. The summed E-state index contributed by atoms with van der Waals surface area (Å²) in [6.07, 6.45) is 1.78. The second-order valence-corrected chi connectivity index (χ2v) is 7.49. The van der Waals surface area contributed by atoms with Gasteiger partial charge in [-0.3, -0.25) is 9.59 Å². The maximum atomic E-state index is 12.3. The fraction of sp³-hybridized carbons (Fsp3) is 0.538. The van der Waals surface area contributed by atoms with Gasteiger partial charge in [0, 0.05) is 17.8 Å². The summed E-state index contributed by atoms with van der Waals surface area (Å²) in [5.74, 6) is -1.19. The Bertz CT molecular complexity index is 488. The molecule has 2 atom stereocenters. The van der Waals surface area contributed by atoms with Crippen LogP contribution in [0.3, 0.4) is 0 Å². The molecule has 0 saturated heterocycles. The lowest BCUT2D eigenvalue weighted by atomic mass is 10.0. The summed E-state index contributed by atoms with van der Waals surface area (Å²) >= 11 is 5.01. The van der Waals surface area contributed by atoms with Crippen LogP contribution in [0.1, 0.15) is 24.1 Å². The Morgan fingerprint density at radius 2 is 2.11 bits per heavy atom. The molecule has 1 aliphatic carbocycles. The molecule has 0 spiro atoms. The van der Waals surface area contributed by atoms with E-state index < -0.39 is 5.97 Å². The Hall–Kier alpha value is -0.880. The molecule has 1 saturated carbocycles. The van der Waals surface area contributed by atoms with Crippen LogP contribution in [-0.4, -0.2) is 28.9 Å². The summed E-state index contributed by atoms with van der Waals surface area (Å²) in [6, 6.07) is 3.96. The standard InChI is InChI=1S/C13H16BrNO3S/c1-15(7-10-4-5-11(14)19-10)12(16)8-2-3-9(6-8)13(17)18/h4-5,8-9H,2-3,6-7H2,1H3,(H,17,18)/t8-,9+/m1/s1. The molecule has 104 valence electrons. The summed E-state index contributed by atoms with van der Waals surface area (Å²) in [5.41, 5.74) is 0. The van der Waals surface area contributed by atoms with Gasteiger partial charge >= 0.3 is 5.97 Å². The first kappa shape index (κ1) is 14.5. The Balaban J connectivity index is 1.91. The molecular weight excluding hydrogens is 330 g/mol. The van der Waals surface area contributed by atoms with Crippen LogP contribution >= 0.6 is 27.3 Å². The summed E-state index contributed by atoms with van der Waals surface area (Å²) in [7, 11) is 1.78. The molecule has 2 rings (SSSR count). The molecular formula is C13H16BrNO3S. The van der Waals surface area contributed by atoms with Crippen LogP contribution in [0.4, 0.5) is 0 Å². The molecule has 0 unspecified atom stereocenters. The maximum Gasteiger partial charge on any atom is 0.306 e. The zero-order valence-corrected chi connectivity index (χ0v) is 13.0. The number of carboxylic acids is 1. The van der Waals surface area contributed by atoms with E-state index in [9.17, 15) is 9.59 Å². The van der Waals surface area contributed by atoms with Gasteiger partial charge in [0.15, 0.2) is 0 Å². The Labute approximate surface area is 124 Å². The number of hydrogen-bond acceptors (Lipinski definition) is 3. The largest absolute Gasteiger partial charge is 0.481 e. The van der Waals surface area contributed by atoms with E-state index in [4.69, 9.17) is 5.11 Å². The lowest BCUT2D eigenvalue weighted by Gasteiger charge is -2.20. The zero-order valence-electron chi connectivity index (χ0n) is 10.6. The third-order valence-corrected chi connectivity index (χ3v) is 5.14. The molecule has 6 heteroatoms. The van der Waals surface area contributed by atoms with Gasteiger partial charge in [0.1, 0.15) is 0 Å². The molecule has 0 aliphatic heterocycles. The third-order valence-electron chi connectivity index (χ3n) is 3.53. The first-order chi connectivity index (χ1) is 8.97. The Morgan fingerprint density at radius 3 is 2.63 bits per heavy atom. The number of thiophene rings is 1. The number of rotatable bonds is 4. The normalized spacial score (nSPS) is 22.4. The van der Waals surface area contributed by atoms with Crippen LogP contribution in [0.5, 0.6) is 0 Å². The zero-order chi connectivity index (χ0) is 14.0. The Morgan fingerprint density at radius 1 is 1.42 bits per heavy atom. The van der Waals surface area contributed by atoms with E-state index in [2.05, 4.69) is 15.9 Å². The van der Waals surface area contributed by atoms with Gasteiger partial charge in [-0.15, -0.1) is 11.3 Å². The van der Waals surface area contributed by atoms with Crippen LogP contribution in [0.15, 0.2) is 15.9 Å². The van der Waals surface area contributed by atoms with Crippen molar-refractivity contribution in [1.82, 2.24) is 4.90 Å². The van der Waals surface area contributed by atoms with E-state index in [1.807, 2.05) is 12.1 Å². The Kier molecular flexibility index (Phi) is 4.62. The van der Waals surface area contributed by atoms with Crippen LogP contribution in [0, 0.1) is 11.8 Å². The third kappa shape index (κ3) is 3.57. The van der Waals surface area contributed by atoms with Crippen LogP contribution in [0.2, 0.25) is 0 Å².